The molecule has 0 radical (unpaired) electrons. The summed E-state index contributed by atoms with van der Waals surface area (Å²) in [6, 6.07) is 24.8. The average Bonchev–Trinajstić information content (AvgIpc) is 3.75. The van der Waals surface area contributed by atoms with Gasteiger partial charge in [-0.3, -0.25) is 14.5 Å². The molecule has 4 aliphatic heterocycles. The van der Waals surface area contributed by atoms with E-state index in [2.05, 4.69) is 59.9 Å². The Kier molecular flexibility index (Phi) is 12.2. The molecule has 300 valence electrons. The van der Waals surface area contributed by atoms with Gasteiger partial charge in [0.2, 0.25) is 5.91 Å². The number of aromatic nitrogens is 2. The predicted molar refractivity (Wildman–Crippen MR) is 225 cm³/mol. The average molecular weight is 774 g/mol. The Balaban J connectivity index is 0.946. The number of hydroxylamine groups is 1. The van der Waals surface area contributed by atoms with E-state index in [0.717, 1.165) is 55.1 Å². The predicted octanol–water partition coefficient (Wildman–Crippen LogP) is 6.71. The molecule has 1 aromatic heterocycles. The summed E-state index contributed by atoms with van der Waals surface area (Å²) in [6.45, 7) is 13.1. The van der Waals surface area contributed by atoms with E-state index in [0.29, 0.717) is 47.5 Å². The number of amides is 1. The van der Waals surface area contributed by atoms with Crippen LogP contribution in [0.1, 0.15) is 43.7 Å². The SMILES string of the molecule is C=CC(=O)Nc1cc(Nc2cc(N3OCCC3c3cccc(Oc4ccccc4)c3)ncn2)c(OC)cc1N1CCC(N2CCC(N3CCN(C)CC3)CC2)CC1. The highest BCUT2D eigenvalue weighted by atomic mass is 16.7. The fraction of sp³-hybridized carbons (Fsp3) is 0.432. The van der Waals surface area contributed by atoms with Crippen LogP contribution in [0.4, 0.5) is 28.7 Å². The van der Waals surface area contributed by atoms with Gasteiger partial charge < -0.3 is 34.8 Å². The molecule has 4 fully saturated rings. The molecule has 13 heteroatoms. The molecular weight excluding hydrogens is 719 g/mol. The van der Waals surface area contributed by atoms with Crippen molar-refractivity contribution in [2.45, 2.75) is 50.2 Å². The summed E-state index contributed by atoms with van der Waals surface area (Å²) in [5.74, 6) is 3.08. The third kappa shape index (κ3) is 9.18. The van der Waals surface area contributed by atoms with Crippen LogP contribution in [0.5, 0.6) is 17.2 Å². The number of ether oxygens (including phenoxy) is 2. The monoisotopic (exact) mass is 773 g/mol. The number of rotatable bonds is 12. The van der Waals surface area contributed by atoms with Crippen molar-refractivity contribution in [1.29, 1.82) is 0 Å². The number of piperidine rings is 2. The topological polar surface area (TPSA) is 111 Å². The first-order valence-corrected chi connectivity index (χ1v) is 20.3. The van der Waals surface area contributed by atoms with Crippen LogP contribution in [0.15, 0.2) is 91.8 Å². The van der Waals surface area contributed by atoms with Crippen molar-refractivity contribution in [3.63, 3.8) is 0 Å². The Morgan fingerprint density at radius 2 is 1.53 bits per heavy atom. The lowest BCUT2D eigenvalue weighted by Crippen LogP contribution is -2.54. The zero-order valence-corrected chi connectivity index (χ0v) is 33.2. The number of hydrogen-bond acceptors (Lipinski definition) is 12. The molecule has 4 aromatic rings. The second kappa shape index (κ2) is 17.9. The summed E-state index contributed by atoms with van der Waals surface area (Å²) in [6.07, 6.45) is 8.26. The van der Waals surface area contributed by atoms with Crippen molar-refractivity contribution in [3.8, 4) is 17.2 Å². The molecule has 8 rings (SSSR count). The number of methoxy groups -OCH3 is 1. The summed E-state index contributed by atoms with van der Waals surface area (Å²) in [5.41, 5.74) is 3.33. The Morgan fingerprint density at radius 1 is 0.807 bits per heavy atom. The first-order chi connectivity index (χ1) is 27.9. The van der Waals surface area contributed by atoms with Gasteiger partial charge in [0.25, 0.3) is 0 Å². The zero-order valence-electron chi connectivity index (χ0n) is 33.2. The van der Waals surface area contributed by atoms with Crippen LogP contribution in [0, 0.1) is 0 Å². The van der Waals surface area contributed by atoms with Gasteiger partial charge in [-0.2, -0.15) is 0 Å². The molecule has 0 spiro atoms. The minimum atomic E-state index is -0.273. The molecule has 0 aliphatic carbocycles. The van der Waals surface area contributed by atoms with E-state index < -0.39 is 0 Å². The van der Waals surface area contributed by atoms with Crippen LogP contribution in [0.2, 0.25) is 0 Å². The van der Waals surface area contributed by atoms with Crippen LogP contribution in [0.25, 0.3) is 0 Å². The van der Waals surface area contributed by atoms with E-state index in [1.54, 1.807) is 7.11 Å². The summed E-state index contributed by atoms with van der Waals surface area (Å²) in [5, 5.41) is 8.33. The minimum absolute atomic E-state index is 0.0698. The van der Waals surface area contributed by atoms with Gasteiger partial charge in [0.15, 0.2) is 5.82 Å². The van der Waals surface area contributed by atoms with E-state index in [9.17, 15) is 4.79 Å². The van der Waals surface area contributed by atoms with Gasteiger partial charge in [0, 0.05) is 69.9 Å². The van der Waals surface area contributed by atoms with Crippen molar-refractivity contribution < 1.29 is 19.1 Å². The molecule has 0 bridgehead atoms. The fourth-order valence-corrected chi connectivity index (χ4v) is 8.74. The van der Waals surface area contributed by atoms with Gasteiger partial charge in [0.05, 0.1) is 36.8 Å². The summed E-state index contributed by atoms with van der Waals surface area (Å²) in [4.78, 5) is 38.3. The summed E-state index contributed by atoms with van der Waals surface area (Å²) >= 11 is 0. The van der Waals surface area contributed by atoms with Gasteiger partial charge in [0.1, 0.15) is 29.4 Å². The fourth-order valence-electron chi connectivity index (χ4n) is 8.74. The van der Waals surface area contributed by atoms with Crippen LogP contribution in [0.3, 0.4) is 0 Å². The van der Waals surface area contributed by atoms with Gasteiger partial charge in [-0.25, -0.2) is 15.0 Å². The second-order valence-corrected chi connectivity index (χ2v) is 15.4. The second-order valence-electron chi connectivity index (χ2n) is 15.4. The lowest BCUT2D eigenvalue weighted by atomic mass is 9.96. The molecule has 4 aliphatic rings. The lowest BCUT2D eigenvalue weighted by molar-refractivity contribution is -0.111. The number of carbonyl (C=O) groups excluding carboxylic acids is 1. The number of nitrogens with zero attached hydrogens (tertiary/aromatic N) is 7. The zero-order chi connectivity index (χ0) is 39.1. The minimum Gasteiger partial charge on any atom is -0.494 e. The highest BCUT2D eigenvalue weighted by molar-refractivity contribution is 6.02. The Labute approximate surface area is 336 Å². The van der Waals surface area contributed by atoms with Gasteiger partial charge in [-0.1, -0.05) is 36.9 Å². The molecule has 1 amide bonds. The molecule has 5 heterocycles. The Morgan fingerprint density at radius 3 is 2.26 bits per heavy atom. The standard InChI is InChI=1S/C44H55N9O4/c1-4-44(54)48-37-28-38(41(55-3)29-40(37)52-20-15-33(16-21-52)50-18-13-34(14-19-50)51-24-22-49(2)23-25-51)47-42-30-43(46-31-45-42)53-39(17-26-56-53)32-9-8-12-36(27-32)57-35-10-6-5-7-11-35/h4-12,27-31,33-34,39H,1,13-26H2,2-3H3,(H,48,54)(H,45,46,47). The molecule has 3 aromatic carbocycles. The molecule has 1 unspecified atom stereocenters. The third-order valence-electron chi connectivity index (χ3n) is 11.9. The number of likely N-dealkylation sites (tertiary alicyclic amines) is 1. The normalized spacial score (nSPS) is 20.4. The molecule has 0 saturated carbocycles. The maximum atomic E-state index is 12.7. The van der Waals surface area contributed by atoms with Crippen molar-refractivity contribution in [2.75, 3.05) is 93.7 Å². The number of para-hydroxylation sites is 1. The van der Waals surface area contributed by atoms with Crippen LogP contribution in [-0.4, -0.2) is 116 Å². The number of hydrogen-bond donors (Lipinski definition) is 2. The van der Waals surface area contributed by atoms with Crippen molar-refractivity contribution >= 4 is 34.6 Å². The number of nitrogens with one attached hydrogen (secondary N) is 2. The van der Waals surface area contributed by atoms with Crippen molar-refractivity contribution in [2.24, 2.45) is 0 Å². The quantitative estimate of drug-likeness (QED) is 0.149. The first kappa shape index (κ1) is 38.7. The Hall–Kier alpha value is -5.21. The van der Waals surface area contributed by atoms with E-state index in [1.807, 2.05) is 71.8 Å². The number of piperazine rings is 1. The van der Waals surface area contributed by atoms with Gasteiger partial charge in [-0.05, 0) is 87.8 Å². The molecule has 13 nitrogen and oxygen atoms in total. The number of carbonyl (C=O) groups is 1. The highest BCUT2D eigenvalue weighted by Gasteiger charge is 2.33. The van der Waals surface area contributed by atoms with Crippen LogP contribution >= 0.6 is 0 Å². The molecule has 2 N–H and O–H groups in total. The summed E-state index contributed by atoms with van der Waals surface area (Å²) < 4.78 is 12.1. The Bertz CT molecular complexity index is 1980. The maximum Gasteiger partial charge on any atom is 0.247 e. The van der Waals surface area contributed by atoms with Crippen LogP contribution in [-0.2, 0) is 9.63 Å². The first-order valence-electron chi connectivity index (χ1n) is 20.3. The smallest absolute Gasteiger partial charge is 0.247 e. The van der Waals surface area contributed by atoms with E-state index >= 15 is 0 Å². The number of anilines is 5. The van der Waals surface area contributed by atoms with Crippen molar-refractivity contribution in [3.05, 3.63) is 97.3 Å². The van der Waals surface area contributed by atoms with E-state index in [-0.39, 0.29) is 11.9 Å². The van der Waals surface area contributed by atoms with Crippen LogP contribution < -0.4 is 30.1 Å². The lowest BCUT2D eigenvalue weighted by Gasteiger charge is -2.46. The molecule has 57 heavy (non-hydrogen) atoms. The molecule has 1 atom stereocenters. The largest absolute Gasteiger partial charge is 0.494 e. The van der Waals surface area contributed by atoms with E-state index in [1.165, 1.54) is 64.5 Å². The molecule has 4 saturated heterocycles. The number of likely N-dealkylation sites (N-methyl/N-ethyl adjacent to an activating group) is 1. The third-order valence-corrected chi connectivity index (χ3v) is 11.9. The summed E-state index contributed by atoms with van der Waals surface area (Å²) in [7, 11) is 3.89. The van der Waals surface area contributed by atoms with Gasteiger partial charge in [-0.15, -0.1) is 0 Å². The maximum absolute atomic E-state index is 12.7. The van der Waals surface area contributed by atoms with Gasteiger partial charge >= 0.3 is 0 Å². The molecular formula is C44H55N9O4. The van der Waals surface area contributed by atoms with Crippen molar-refractivity contribution in [1.82, 2.24) is 24.7 Å². The highest BCUT2D eigenvalue weighted by Crippen LogP contribution is 2.41. The van der Waals surface area contributed by atoms with E-state index in [4.69, 9.17) is 14.3 Å². The number of benzene rings is 3.